The van der Waals surface area contributed by atoms with Crippen molar-refractivity contribution in [3.63, 3.8) is 0 Å². The fourth-order valence-corrected chi connectivity index (χ4v) is 4.28. The van der Waals surface area contributed by atoms with Crippen molar-refractivity contribution in [1.82, 2.24) is 25.1 Å². The van der Waals surface area contributed by atoms with Gasteiger partial charge in [0.15, 0.2) is 0 Å². The van der Waals surface area contributed by atoms with Crippen molar-refractivity contribution in [2.75, 3.05) is 25.5 Å². The summed E-state index contributed by atoms with van der Waals surface area (Å²) in [6.45, 7) is 8.45. The van der Waals surface area contributed by atoms with Crippen LogP contribution in [0.15, 0.2) is 30.3 Å². The molecule has 0 atom stereocenters. The van der Waals surface area contributed by atoms with E-state index in [0.29, 0.717) is 0 Å². The highest BCUT2D eigenvalue weighted by Gasteiger charge is 2.17. The van der Waals surface area contributed by atoms with E-state index in [4.69, 9.17) is 0 Å². The maximum atomic E-state index is 4.42. The van der Waals surface area contributed by atoms with Crippen LogP contribution in [0.2, 0.25) is 0 Å². The van der Waals surface area contributed by atoms with Crippen molar-refractivity contribution >= 4 is 16.7 Å². The number of nitrogens with zero attached hydrogens (tertiary/aromatic N) is 5. The molecule has 0 radical (unpaired) electrons. The van der Waals surface area contributed by atoms with Gasteiger partial charge in [0.2, 0.25) is 0 Å². The molecule has 2 heterocycles. The topological polar surface area (TPSA) is 58.9 Å². The average Bonchev–Trinajstić information content (AvgIpc) is 3.06. The number of para-hydroxylation sites is 1. The summed E-state index contributed by atoms with van der Waals surface area (Å²) in [7, 11) is 6.01. The van der Waals surface area contributed by atoms with Crippen LogP contribution in [0.1, 0.15) is 49.8 Å². The summed E-state index contributed by atoms with van der Waals surface area (Å²) >= 11 is 0. The molecule has 0 saturated heterocycles. The highest BCUT2D eigenvalue weighted by Crippen LogP contribution is 2.27. The van der Waals surface area contributed by atoms with Gasteiger partial charge in [-0.3, -0.25) is 4.68 Å². The van der Waals surface area contributed by atoms with Gasteiger partial charge in [-0.25, -0.2) is 9.97 Å². The number of hydrogen-bond acceptors (Lipinski definition) is 5. The molecular formula is C25H38N6. The third-order valence-electron chi connectivity index (χ3n) is 6.09. The molecule has 1 aliphatic rings. The molecule has 3 aromatic rings. The van der Waals surface area contributed by atoms with Gasteiger partial charge in [0.05, 0.1) is 16.9 Å². The fraction of sp³-hybridized carbons (Fsp3) is 0.560. The standard InChI is InChI=1S/C14H25N3.C11H13N3/c1-11-4-6-13(7-5-11)9-15-10-14-8-12(2)16-17(14)3;1-8-12-10-7-5-4-6-9(10)11(13-8)14(2)3/h8,11,13,15H,4-7,9-10H2,1-3H3;4-7H,1-3H3. The quantitative estimate of drug-likeness (QED) is 0.649. The van der Waals surface area contributed by atoms with Crippen LogP contribution in [-0.2, 0) is 13.6 Å². The van der Waals surface area contributed by atoms with E-state index in [-0.39, 0.29) is 0 Å². The first-order valence-electron chi connectivity index (χ1n) is 11.4. The summed E-state index contributed by atoms with van der Waals surface area (Å²) in [5, 5.41) is 9.04. The summed E-state index contributed by atoms with van der Waals surface area (Å²) < 4.78 is 1.98. The Hall–Kier alpha value is -2.47. The number of rotatable bonds is 5. The third kappa shape index (κ3) is 6.50. The highest BCUT2D eigenvalue weighted by molar-refractivity contribution is 5.89. The van der Waals surface area contributed by atoms with Gasteiger partial charge in [0, 0.05) is 33.1 Å². The summed E-state index contributed by atoms with van der Waals surface area (Å²) in [5.74, 6) is 3.63. The van der Waals surface area contributed by atoms with E-state index in [1.54, 1.807) is 0 Å². The van der Waals surface area contributed by atoms with Crippen LogP contribution in [-0.4, -0.2) is 40.4 Å². The number of aromatic nitrogens is 4. The van der Waals surface area contributed by atoms with E-state index < -0.39 is 0 Å². The molecule has 0 unspecified atom stereocenters. The second kappa shape index (κ2) is 10.7. The first kappa shape index (κ1) is 23.2. The number of benzene rings is 1. The predicted octanol–water partition coefficient (Wildman–Crippen LogP) is 4.65. The molecule has 1 aliphatic carbocycles. The van der Waals surface area contributed by atoms with Crippen molar-refractivity contribution in [3.05, 3.63) is 47.5 Å². The molecular weight excluding hydrogens is 384 g/mol. The number of hydrogen-bond donors (Lipinski definition) is 1. The van der Waals surface area contributed by atoms with Crippen molar-refractivity contribution < 1.29 is 0 Å². The van der Waals surface area contributed by atoms with Gasteiger partial charge >= 0.3 is 0 Å². The summed E-state index contributed by atoms with van der Waals surface area (Å²) in [6, 6.07) is 10.2. The van der Waals surface area contributed by atoms with Crippen molar-refractivity contribution in [2.24, 2.45) is 18.9 Å². The number of anilines is 1. The van der Waals surface area contributed by atoms with E-state index in [1.807, 2.05) is 68.8 Å². The summed E-state index contributed by atoms with van der Waals surface area (Å²) in [5.41, 5.74) is 3.39. The SMILES string of the molecule is Cc1cc(CNCC2CCC(C)CC2)n(C)n1.Cc1nc(N(C)C)c2ccccc2n1. The van der Waals surface area contributed by atoms with Crippen LogP contribution in [0.5, 0.6) is 0 Å². The zero-order chi connectivity index (χ0) is 22.4. The number of aryl methyl sites for hydroxylation is 3. The lowest BCUT2D eigenvalue weighted by Gasteiger charge is -2.26. The zero-order valence-electron chi connectivity index (χ0n) is 20.0. The predicted molar refractivity (Wildman–Crippen MR) is 129 cm³/mol. The average molecular weight is 423 g/mol. The van der Waals surface area contributed by atoms with Crippen molar-refractivity contribution in [1.29, 1.82) is 0 Å². The third-order valence-corrected chi connectivity index (χ3v) is 6.09. The van der Waals surface area contributed by atoms with Gasteiger partial charge < -0.3 is 10.2 Å². The highest BCUT2D eigenvalue weighted by atomic mass is 15.3. The molecule has 1 saturated carbocycles. The fourth-order valence-electron chi connectivity index (χ4n) is 4.28. The van der Waals surface area contributed by atoms with E-state index in [9.17, 15) is 0 Å². The normalized spacial score (nSPS) is 18.5. The van der Waals surface area contributed by atoms with Gasteiger partial charge in [-0.15, -0.1) is 0 Å². The lowest BCUT2D eigenvalue weighted by molar-refractivity contribution is 0.281. The molecule has 31 heavy (non-hydrogen) atoms. The zero-order valence-corrected chi connectivity index (χ0v) is 20.0. The van der Waals surface area contributed by atoms with Crippen LogP contribution in [0.25, 0.3) is 10.9 Å². The molecule has 0 aliphatic heterocycles. The Balaban J connectivity index is 0.000000179. The summed E-state index contributed by atoms with van der Waals surface area (Å²) in [4.78, 5) is 10.8. The van der Waals surface area contributed by atoms with Crippen LogP contribution >= 0.6 is 0 Å². The summed E-state index contributed by atoms with van der Waals surface area (Å²) in [6.07, 6.45) is 5.63. The molecule has 0 bridgehead atoms. The Labute approximate surface area is 187 Å². The number of nitrogens with one attached hydrogen (secondary N) is 1. The van der Waals surface area contributed by atoms with Crippen LogP contribution in [0.3, 0.4) is 0 Å². The largest absolute Gasteiger partial charge is 0.362 e. The maximum absolute atomic E-state index is 4.42. The Morgan fingerprint density at radius 3 is 2.42 bits per heavy atom. The molecule has 6 heteroatoms. The van der Waals surface area contributed by atoms with E-state index >= 15 is 0 Å². The van der Waals surface area contributed by atoms with Crippen LogP contribution < -0.4 is 10.2 Å². The van der Waals surface area contributed by atoms with Crippen molar-refractivity contribution in [3.8, 4) is 0 Å². The van der Waals surface area contributed by atoms with Crippen LogP contribution in [0, 0.1) is 25.7 Å². The van der Waals surface area contributed by atoms with Gasteiger partial charge in [0.25, 0.3) is 0 Å². The minimum atomic E-state index is 0.812. The molecule has 1 fully saturated rings. The lowest BCUT2D eigenvalue weighted by atomic mass is 9.83. The molecule has 2 aromatic heterocycles. The Morgan fingerprint density at radius 2 is 1.77 bits per heavy atom. The second-order valence-corrected chi connectivity index (χ2v) is 9.16. The minimum Gasteiger partial charge on any atom is -0.362 e. The van der Waals surface area contributed by atoms with Gasteiger partial charge in [-0.1, -0.05) is 31.9 Å². The maximum Gasteiger partial charge on any atom is 0.139 e. The number of fused-ring (bicyclic) bond motifs is 1. The lowest BCUT2D eigenvalue weighted by Crippen LogP contribution is -2.26. The van der Waals surface area contributed by atoms with E-state index in [0.717, 1.165) is 53.2 Å². The first-order chi connectivity index (χ1) is 14.8. The van der Waals surface area contributed by atoms with Crippen LogP contribution in [0.4, 0.5) is 5.82 Å². The minimum absolute atomic E-state index is 0.812. The molecule has 1 aromatic carbocycles. The molecule has 0 amide bonds. The molecule has 1 N–H and O–H groups in total. The molecule has 6 nitrogen and oxygen atoms in total. The monoisotopic (exact) mass is 422 g/mol. The van der Waals surface area contributed by atoms with Gasteiger partial charge in [-0.05, 0) is 63.3 Å². The molecule has 0 spiro atoms. The van der Waals surface area contributed by atoms with E-state index in [2.05, 4.69) is 33.4 Å². The molecule has 4 rings (SSSR count). The Bertz CT molecular complexity index is 969. The Morgan fingerprint density at radius 1 is 1.06 bits per heavy atom. The second-order valence-electron chi connectivity index (χ2n) is 9.16. The molecule has 168 valence electrons. The first-order valence-corrected chi connectivity index (χ1v) is 11.4. The smallest absolute Gasteiger partial charge is 0.139 e. The van der Waals surface area contributed by atoms with Crippen molar-refractivity contribution in [2.45, 2.75) is 53.0 Å². The Kier molecular flexibility index (Phi) is 8.02. The van der Waals surface area contributed by atoms with E-state index in [1.165, 1.54) is 31.4 Å². The van der Waals surface area contributed by atoms with Gasteiger partial charge in [-0.2, -0.15) is 5.10 Å². The van der Waals surface area contributed by atoms with Gasteiger partial charge in [0.1, 0.15) is 11.6 Å².